The van der Waals surface area contributed by atoms with Crippen molar-refractivity contribution in [3.8, 4) is 0 Å². The third-order valence-corrected chi connectivity index (χ3v) is 3.56. The fourth-order valence-corrected chi connectivity index (χ4v) is 1.86. The summed E-state index contributed by atoms with van der Waals surface area (Å²) < 4.78 is 1.38. The van der Waals surface area contributed by atoms with Gasteiger partial charge in [0.15, 0.2) is 0 Å². The van der Waals surface area contributed by atoms with Gasteiger partial charge in [0, 0.05) is 0 Å². The second-order valence-electron chi connectivity index (χ2n) is 5.03. The molecule has 17 heavy (non-hydrogen) atoms. The third kappa shape index (κ3) is 47.0. The Kier molecular flexibility index (Phi) is 18.6. The van der Waals surface area contributed by atoms with Crippen LogP contribution in [0.5, 0.6) is 0 Å². The van der Waals surface area contributed by atoms with Crippen LogP contribution in [0.2, 0.25) is 4.13 Å². The number of hydrogen-bond donors (Lipinski definition) is 1. The van der Waals surface area contributed by atoms with Crippen LogP contribution in [0.3, 0.4) is 0 Å². The molecule has 2 nitrogen and oxygen atoms in total. The van der Waals surface area contributed by atoms with Crippen LogP contribution in [-0.4, -0.2) is 41.7 Å². The zero-order valence-corrected chi connectivity index (χ0v) is 16.6. The van der Waals surface area contributed by atoms with Crippen LogP contribution in [-0.2, 0) is 0 Å². The summed E-state index contributed by atoms with van der Waals surface area (Å²) in [6.45, 7) is 10.5. The Morgan fingerprint density at radius 1 is 0.941 bits per heavy atom. The SMILES string of the molecule is CCC(C)(C)[O-].CCC(C)(C)[O-].SCC[CH2][Bi+2]. The maximum absolute atomic E-state index is 10.5. The maximum atomic E-state index is 10.5. The van der Waals surface area contributed by atoms with Crippen molar-refractivity contribution in [2.45, 2.75) is 76.1 Å². The number of rotatable bonds is 4. The minimum atomic E-state index is -0.708. The zero-order valence-electron chi connectivity index (χ0n) is 12.2. The first kappa shape index (κ1) is 23.3. The molecule has 104 valence electrons. The molecule has 0 fully saturated rings. The van der Waals surface area contributed by atoms with Crippen molar-refractivity contribution in [1.82, 2.24) is 0 Å². The van der Waals surface area contributed by atoms with Crippen molar-refractivity contribution in [2.24, 2.45) is 0 Å². The van der Waals surface area contributed by atoms with Crippen molar-refractivity contribution in [1.29, 1.82) is 0 Å². The van der Waals surface area contributed by atoms with Gasteiger partial charge >= 0.3 is 53.7 Å². The van der Waals surface area contributed by atoms with Crippen LogP contribution in [0, 0.1) is 0 Å². The molecule has 0 aromatic rings. The van der Waals surface area contributed by atoms with E-state index in [2.05, 4.69) is 12.6 Å². The second-order valence-corrected chi connectivity index (χ2v) is 7.21. The van der Waals surface area contributed by atoms with Gasteiger partial charge in [-0.3, -0.25) is 0 Å². The molecule has 0 aliphatic rings. The average Bonchev–Trinajstić information content (AvgIpc) is 2.19. The third-order valence-electron chi connectivity index (χ3n) is 2.02. The minimum absolute atomic E-state index is 0.708. The van der Waals surface area contributed by atoms with Crippen molar-refractivity contribution < 1.29 is 10.2 Å². The van der Waals surface area contributed by atoms with Gasteiger partial charge in [-0.1, -0.05) is 54.4 Å². The van der Waals surface area contributed by atoms with Crippen molar-refractivity contribution >= 4 is 37.3 Å². The van der Waals surface area contributed by atoms with E-state index in [1.807, 2.05) is 13.8 Å². The van der Waals surface area contributed by atoms with E-state index in [0.717, 1.165) is 5.75 Å². The molecule has 4 heteroatoms. The Morgan fingerprint density at radius 2 is 1.18 bits per heavy atom. The van der Waals surface area contributed by atoms with E-state index in [-0.39, 0.29) is 0 Å². The van der Waals surface area contributed by atoms with Gasteiger partial charge in [-0.15, -0.1) is 11.2 Å². The Balaban J connectivity index is -0.000000174. The molecule has 0 aromatic heterocycles. The summed E-state index contributed by atoms with van der Waals surface area (Å²) in [5.41, 5.74) is -1.42. The Bertz CT molecular complexity index is 123. The van der Waals surface area contributed by atoms with Gasteiger partial charge in [0.25, 0.3) is 0 Å². The zero-order chi connectivity index (χ0) is 14.5. The van der Waals surface area contributed by atoms with Gasteiger partial charge in [-0.05, 0) is 0 Å². The van der Waals surface area contributed by atoms with E-state index in [9.17, 15) is 10.2 Å². The molecule has 0 rings (SSSR count). The summed E-state index contributed by atoms with van der Waals surface area (Å²) >= 11 is 5.53. The standard InChI is InChI=1S/2C5H11O.C3H7S.Bi/c2*1-4-5(2,3)6;1-2-3-4;/h2*4H2,1-3H3;4H,1-3H2;/q2*-1;;+2. The van der Waals surface area contributed by atoms with Gasteiger partial charge in [-0.2, -0.15) is 0 Å². The van der Waals surface area contributed by atoms with E-state index in [1.165, 1.54) is 35.3 Å². The molecule has 0 saturated heterocycles. The van der Waals surface area contributed by atoms with Crippen LogP contribution >= 0.6 is 12.6 Å². The molecule has 0 bridgehead atoms. The van der Waals surface area contributed by atoms with E-state index in [4.69, 9.17) is 0 Å². The van der Waals surface area contributed by atoms with E-state index < -0.39 is 11.2 Å². The summed E-state index contributed by atoms with van der Waals surface area (Å²) in [7, 11) is 0. The number of thiol groups is 1. The second kappa shape index (κ2) is 13.6. The summed E-state index contributed by atoms with van der Waals surface area (Å²) in [6.07, 6.45) is 2.73. The monoisotopic (exact) mass is 458 g/mol. The molecule has 0 aromatic carbocycles. The Morgan fingerprint density at radius 3 is 1.18 bits per heavy atom. The van der Waals surface area contributed by atoms with Crippen LogP contribution in [0.15, 0.2) is 0 Å². The molecule has 0 saturated carbocycles. The van der Waals surface area contributed by atoms with Crippen LogP contribution in [0.4, 0.5) is 0 Å². The molecule has 0 aliphatic carbocycles. The summed E-state index contributed by atoms with van der Waals surface area (Å²) in [5.74, 6) is 1.07. The summed E-state index contributed by atoms with van der Waals surface area (Å²) in [5, 5.41) is 20.9. The Labute approximate surface area is 129 Å². The quantitative estimate of drug-likeness (QED) is 0.517. The molecule has 0 unspecified atom stereocenters. The van der Waals surface area contributed by atoms with E-state index in [0.29, 0.717) is 12.8 Å². The van der Waals surface area contributed by atoms with Gasteiger partial charge in [0.1, 0.15) is 0 Å². The van der Waals surface area contributed by atoms with Gasteiger partial charge in [-0.25, -0.2) is 0 Å². The first-order valence-electron chi connectivity index (χ1n) is 6.16. The van der Waals surface area contributed by atoms with Crippen molar-refractivity contribution in [3.05, 3.63) is 0 Å². The van der Waals surface area contributed by atoms with Crippen molar-refractivity contribution in [2.75, 3.05) is 5.75 Å². The summed E-state index contributed by atoms with van der Waals surface area (Å²) in [6, 6.07) is 0. The topological polar surface area (TPSA) is 46.1 Å². The molecule has 0 spiro atoms. The Hall–Kier alpha value is 1.15. The van der Waals surface area contributed by atoms with Gasteiger partial charge < -0.3 is 10.2 Å². The first-order valence-corrected chi connectivity index (χ1v) is 9.25. The van der Waals surface area contributed by atoms with Gasteiger partial charge in [0.05, 0.1) is 0 Å². The molecule has 0 atom stereocenters. The predicted octanol–water partition coefficient (Wildman–Crippen LogP) is 1.96. The molecule has 2 radical (unpaired) electrons. The summed E-state index contributed by atoms with van der Waals surface area (Å²) in [4.78, 5) is 0. The molecular formula is C13H29BiO2S. The van der Waals surface area contributed by atoms with Gasteiger partial charge in [0.2, 0.25) is 0 Å². The van der Waals surface area contributed by atoms with E-state index >= 15 is 0 Å². The van der Waals surface area contributed by atoms with Crippen molar-refractivity contribution in [3.63, 3.8) is 0 Å². The molecule has 0 amide bonds. The first-order chi connectivity index (χ1) is 7.54. The fourth-order valence-electron chi connectivity index (χ4n) is 0.0707. The van der Waals surface area contributed by atoms with Crippen LogP contribution in [0.25, 0.3) is 0 Å². The van der Waals surface area contributed by atoms with Crippen LogP contribution in [0.1, 0.15) is 60.8 Å². The predicted molar refractivity (Wildman–Crippen MR) is 77.8 cm³/mol. The average molecular weight is 458 g/mol. The normalized spacial score (nSPS) is 10.9. The van der Waals surface area contributed by atoms with E-state index in [1.54, 1.807) is 27.7 Å². The number of hydrogen-bond acceptors (Lipinski definition) is 3. The molecule has 0 N–H and O–H groups in total. The molecule has 0 aliphatic heterocycles. The van der Waals surface area contributed by atoms with Crippen LogP contribution < -0.4 is 10.2 Å². The molecular weight excluding hydrogens is 429 g/mol. The molecule has 0 heterocycles. The fraction of sp³-hybridized carbons (Fsp3) is 1.00.